The molecule has 1 aliphatic carbocycles. The molecule has 0 spiro atoms. The molecule has 4 nitrogen and oxygen atoms in total. The van der Waals surface area contributed by atoms with Crippen LogP contribution >= 0.6 is 11.6 Å². The second-order valence-electron chi connectivity index (χ2n) is 4.61. The van der Waals surface area contributed by atoms with Crippen LogP contribution in [-0.2, 0) is 0 Å². The van der Waals surface area contributed by atoms with Gasteiger partial charge in [0.1, 0.15) is 11.6 Å². The number of hydrogen-bond donors (Lipinski definition) is 1. The molecule has 1 aromatic heterocycles. The van der Waals surface area contributed by atoms with Gasteiger partial charge < -0.3 is 9.72 Å². The van der Waals surface area contributed by atoms with E-state index in [1.807, 2.05) is 0 Å². The van der Waals surface area contributed by atoms with Crippen molar-refractivity contribution in [3.8, 4) is 17.1 Å². The molecule has 0 radical (unpaired) electrons. The fraction of sp³-hybridized carbons (Fsp3) is 0.286. The third-order valence-corrected chi connectivity index (χ3v) is 3.50. The Balaban J connectivity index is 2.19. The Labute approximate surface area is 115 Å². The average Bonchev–Trinajstić information content (AvgIpc) is 3.21. The number of H-pyrrole nitrogens is 1. The van der Waals surface area contributed by atoms with E-state index >= 15 is 0 Å². The highest BCUT2D eigenvalue weighted by Crippen LogP contribution is 2.40. The number of rotatable bonds is 3. The maximum absolute atomic E-state index is 11.7. The van der Waals surface area contributed by atoms with Crippen LogP contribution in [0.1, 0.15) is 24.5 Å². The minimum absolute atomic E-state index is 0.158. The SMILES string of the molecule is COc1cccc(Cl)c1-c1nc(C2CC2)cc(=O)[nH]1. The van der Waals surface area contributed by atoms with Crippen LogP contribution < -0.4 is 10.3 Å². The second kappa shape index (κ2) is 4.70. The summed E-state index contributed by atoms with van der Waals surface area (Å²) < 4.78 is 5.29. The molecule has 1 fully saturated rings. The summed E-state index contributed by atoms with van der Waals surface area (Å²) >= 11 is 6.20. The van der Waals surface area contributed by atoms with Crippen LogP contribution in [-0.4, -0.2) is 17.1 Å². The number of hydrogen-bond acceptors (Lipinski definition) is 3. The lowest BCUT2D eigenvalue weighted by Gasteiger charge is -2.10. The summed E-state index contributed by atoms with van der Waals surface area (Å²) in [5.74, 6) is 1.48. The van der Waals surface area contributed by atoms with Gasteiger partial charge in [-0.15, -0.1) is 0 Å². The Bertz CT molecular complexity index is 677. The van der Waals surface area contributed by atoms with E-state index in [1.54, 1.807) is 31.4 Å². The van der Waals surface area contributed by atoms with E-state index in [9.17, 15) is 4.79 Å². The fourth-order valence-corrected chi connectivity index (χ4v) is 2.34. The van der Waals surface area contributed by atoms with Crippen molar-refractivity contribution in [3.05, 3.63) is 45.3 Å². The summed E-state index contributed by atoms with van der Waals surface area (Å²) in [6, 6.07) is 6.91. The van der Waals surface area contributed by atoms with Crippen LogP contribution in [0, 0.1) is 0 Å². The maximum Gasteiger partial charge on any atom is 0.251 e. The minimum atomic E-state index is -0.158. The first-order valence-electron chi connectivity index (χ1n) is 6.13. The summed E-state index contributed by atoms with van der Waals surface area (Å²) in [5, 5.41) is 0.510. The Kier molecular flexibility index (Phi) is 3.03. The average molecular weight is 277 g/mol. The van der Waals surface area contributed by atoms with Gasteiger partial charge in [-0.25, -0.2) is 4.98 Å². The first-order chi connectivity index (χ1) is 9.19. The van der Waals surface area contributed by atoms with Crippen LogP contribution in [0.2, 0.25) is 5.02 Å². The highest BCUT2D eigenvalue weighted by molar-refractivity contribution is 6.33. The summed E-state index contributed by atoms with van der Waals surface area (Å²) in [4.78, 5) is 19.0. The van der Waals surface area contributed by atoms with Crippen molar-refractivity contribution >= 4 is 11.6 Å². The molecule has 0 bridgehead atoms. The summed E-state index contributed by atoms with van der Waals surface area (Å²) in [5.41, 5.74) is 1.31. The van der Waals surface area contributed by atoms with Gasteiger partial charge in [0.25, 0.3) is 5.56 Å². The lowest BCUT2D eigenvalue weighted by atomic mass is 10.1. The Hall–Kier alpha value is -1.81. The molecule has 1 N–H and O–H groups in total. The zero-order valence-electron chi connectivity index (χ0n) is 10.4. The molecule has 2 aromatic rings. The van der Waals surface area contributed by atoms with Crippen LogP contribution in [0.4, 0.5) is 0 Å². The van der Waals surface area contributed by atoms with Crippen LogP contribution in [0.25, 0.3) is 11.4 Å². The van der Waals surface area contributed by atoms with Gasteiger partial charge in [0.2, 0.25) is 0 Å². The molecule has 19 heavy (non-hydrogen) atoms. The van der Waals surface area contributed by atoms with Crippen LogP contribution in [0.5, 0.6) is 5.75 Å². The van der Waals surface area contributed by atoms with Gasteiger partial charge >= 0.3 is 0 Å². The number of benzene rings is 1. The first kappa shape index (κ1) is 12.2. The molecule has 98 valence electrons. The summed E-state index contributed by atoms with van der Waals surface area (Å²) in [7, 11) is 1.57. The molecule has 0 amide bonds. The van der Waals surface area contributed by atoms with Gasteiger partial charge in [0.05, 0.1) is 23.4 Å². The number of ether oxygens (including phenoxy) is 1. The van der Waals surface area contributed by atoms with E-state index in [2.05, 4.69) is 9.97 Å². The predicted molar refractivity (Wildman–Crippen MR) is 73.8 cm³/mol. The van der Waals surface area contributed by atoms with E-state index in [-0.39, 0.29) is 5.56 Å². The number of methoxy groups -OCH3 is 1. The van der Waals surface area contributed by atoms with Gasteiger partial charge in [-0.3, -0.25) is 4.79 Å². The van der Waals surface area contributed by atoms with Crippen molar-refractivity contribution in [3.63, 3.8) is 0 Å². The number of aromatic nitrogens is 2. The Morgan fingerprint density at radius 1 is 1.42 bits per heavy atom. The molecular formula is C14H13ClN2O2. The fourth-order valence-electron chi connectivity index (χ4n) is 2.09. The van der Waals surface area contributed by atoms with Gasteiger partial charge in [0.15, 0.2) is 0 Å². The standard InChI is InChI=1S/C14H13ClN2O2/c1-19-11-4-2-3-9(15)13(11)14-16-10(8-5-6-8)7-12(18)17-14/h2-4,7-8H,5-6H2,1H3,(H,16,17,18). The minimum Gasteiger partial charge on any atom is -0.496 e. The highest BCUT2D eigenvalue weighted by Gasteiger charge is 2.26. The lowest BCUT2D eigenvalue weighted by Crippen LogP contribution is -2.10. The van der Waals surface area contributed by atoms with Gasteiger partial charge in [-0.1, -0.05) is 17.7 Å². The zero-order chi connectivity index (χ0) is 13.4. The van der Waals surface area contributed by atoms with Crippen molar-refractivity contribution < 1.29 is 4.74 Å². The van der Waals surface area contributed by atoms with Crippen LogP contribution in [0.3, 0.4) is 0 Å². The quantitative estimate of drug-likeness (QED) is 0.938. The normalized spacial score (nSPS) is 14.4. The molecule has 0 saturated heterocycles. The smallest absolute Gasteiger partial charge is 0.251 e. The number of nitrogens with zero attached hydrogens (tertiary/aromatic N) is 1. The lowest BCUT2D eigenvalue weighted by molar-refractivity contribution is 0.416. The van der Waals surface area contributed by atoms with Gasteiger partial charge in [-0.2, -0.15) is 0 Å². The monoisotopic (exact) mass is 276 g/mol. The Morgan fingerprint density at radius 2 is 2.21 bits per heavy atom. The highest BCUT2D eigenvalue weighted by atomic mass is 35.5. The van der Waals surface area contributed by atoms with Crippen molar-refractivity contribution in [1.82, 2.24) is 9.97 Å². The van der Waals surface area contributed by atoms with Crippen molar-refractivity contribution in [2.24, 2.45) is 0 Å². The maximum atomic E-state index is 11.7. The molecule has 0 aliphatic heterocycles. The van der Waals surface area contributed by atoms with Crippen molar-refractivity contribution in [2.75, 3.05) is 7.11 Å². The summed E-state index contributed by atoms with van der Waals surface area (Å²) in [6.07, 6.45) is 2.19. The molecule has 0 unspecified atom stereocenters. The molecule has 3 rings (SSSR count). The van der Waals surface area contributed by atoms with E-state index in [0.717, 1.165) is 18.5 Å². The third kappa shape index (κ3) is 2.36. The van der Waals surface area contributed by atoms with E-state index in [1.165, 1.54) is 0 Å². The van der Waals surface area contributed by atoms with Gasteiger partial charge in [-0.05, 0) is 25.0 Å². The first-order valence-corrected chi connectivity index (χ1v) is 6.51. The van der Waals surface area contributed by atoms with Crippen molar-refractivity contribution in [2.45, 2.75) is 18.8 Å². The largest absolute Gasteiger partial charge is 0.496 e. The van der Waals surface area contributed by atoms with Crippen LogP contribution in [0.15, 0.2) is 29.1 Å². The zero-order valence-corrected chi connectivity index (χ0v) is 11.2. The molecular weight excluding hydrogens is 264 g/mol. The number of aromatic amines is 1. The summed E-state index contributed by atoms with van der Waals surface area (Å²) in [6.45, 7) is 0. The predicted octanol–water partition coefficient (Wildman–Crippen LogP) is 2.98. The Morgan fingerprint density at radius 3 is 2.89 bits per heavy atom. The molecule has 1 aromatic carbocycles. The van der Waals surface area contributed by atoms with E-state index < -0.39 is 0 Å². The van der Waals surface area contributed by atoms with E-state index in [0.29, 0.717) is 28.1 Å². The molecule has 0 atom stereocenters. The van der Waals surface area contributed by atoms with Gasteiger partial charge in [0, 0.05) is 12.0 Å². The molecule has 1 saturated carbocycles. The van der Waals surface area contributed by atoms with Crippen molar-refractivity contribution in [1.29, 1.82) is 0 Å². The molecule has 1 aliphatic rings. The number of nitrogens with one attached hydrogen (secondary N) is 1. The third-order valence-electron chi connectivity index (χ3n) is 3.19. The molecule has 1 heterocycles. The topological polar surface area (TPSA) is 55.0 Å². The second-order valence-corrected chi connectivity index (χ2v) is 5.02. The number of halogens is 1. The van der Waals surface area contributed by atoms with E-state index in [4.69, 9.17) is 16.3 Å². The molecule has 5 heteroatoms.